The van der Waals surface area contributed by atoms with Crippen LogP contribution >= 0.6 is 0 Å². The number of hydrogen-bond donors (Lipinski definition) is 2. The molecule has 0 radical (unpaired) electrons. The van der Waals surface area contributed by atoms with Gasteiger partial charge in [-0.05, 0) is 0 Å². The van der Waals surface area contributed by atoms with Crippen molar-refractivity contribution in [2.45, 2.75) is 0 Å². The second-order valence-electron chi connectivity index (χ2n) is 0.283. The summed E-state index contributed by atoms with van der Waals surface area (Å²) in [5.41, 5.74) is 0. The molecule has 0 unspecified atom stereocenters. The Hall–Kier alpha value is 0.798. The third-order valence-electron chi connectivity index (χ3n) is 0. The van der Waals surface area contributed by atoms with Crippen LogP contribution < -0.4 is 0 Å². The van der Waals surface area contributed by atoms with Crippen LogP contribution in [0.3, 0.4) is 0 Å². The maximum atomic E-state index is 8.81. The Labute approximate surface area is 44.7 Å². The Morgan fingerprint density at radius 1 is 1.40 bits per heavy atom. The van der Waals surface area contributed by atoms with Gasteiger partial charge < -0.3 is 0 Å². The van der Waals surface area contributed by atoms with Crippen LogP contribution in [-0.4, -0.2) is 23.5 Å². The summed E-state index contributed by atoms with van der Waals surface area (Å²) >= 11 is -3.58. The van der Waals surface area contributed by atoms with Crippen LogP contribution in [-0.2, 0) is 20.8 Å². The summed E-state index contributed by atoms with van der Waals surface area (Å²) < 4.78 is 23.2. The van der Waals surface area contributed by atoms with E-state index in [4.69, 9.17) is 11.9 Å². The molecule has 0 aliphatic rings. The van der Waals surface area contributed by atoms with Crippen molar-refractivity contribution >= 4 is 15.3 Å². The first-order valence-electron chi connectivity index (χ1n) is 0.651. The summed E-state index contributed by atoms with van der Waals surface area (Å²) in [6.07, 6.45) is 0. The quantitative estimate of drug-likeness (QED) is 0.430. The van der Waals surface area contributed by atoms with Gasteiger partial charge >= 0.3 is 27.2 Å². The molecule has 5 heteroatoms. The molecule has 0 aromatic carbocycles. The first-order chi connectivity index (χ1) is 1.73. The molecule has 5 heavy (non-hydrogen) atoms. The molecule has 0 aromatic rings. The average Bonchev–Trinajstić information content (AvgIpc) is 0.811. The molecule has 3 nitrogen and oxygen atoms in total. The van der Waals surface area contributed by atoms with Crippen molar-refractivity contribution in [3.05, 3.63) is 0 Å². The largest absolute Gasteiger partial charge is 0 e. The molecule has 0 heterocycles. The van der Waals surface area contributed by atoms with Crippen LogP contribution in [0.1, 0.15) is 0 Å². The normalized spacial score (nSPS) is 7.00. The molecule has 0 aromatic heterocycles. The van der Waals surface area contributed by atoms with Gasteiger partial charge in [-0.15, -0.1) is 0 Å². The fourth-order valence-electron chi connectivity index (χ4n) is 0. The fourth-order valence-corrected chi connectivity index (χ4v) is 0. The van der Waals surface area contributed by atoms with E-state index in [9.17, 15) is 0 Å². The molecule has 0 spiro atoms. The Kier molecular flexibility index (Phi) is 8.88. The SMILES string of the molecule is O=[AsH](O)O.[Fe]. The average molecular weight is 182 g/mol. The zero-order chi connectivity index (χ0) is 3.58. The smallest absolute Gasteiger partial charge is 0 e. The van der Waals surface area contributed by atoms with Gasteiger partial charge in [0.1, 0.15) is 0 Å². The van der Waals surface area contributed by atoms with E-state index < -0.39 is 15.3 Å². The van der Waals surface area contributed by atoms with Crippen molar-refractivity contribution in [3.8, 4) is 0 Å². The molecule has 0 aliphatic heterocycles. The van der Waals surface area contributed by atoms with Crippen molar-refractivity contribution in [3.63, 3.8) is 0 Å². The predicted octanol–water partition coefficient (Wildman–Crippen LogP) is -1.88. The molecule has 0 aliphatic carbocycles. The summed E-state index contributed by atoms with van der Waals surface area (Å²) in [5.74, 6) is 0. The fraction of sp³-hybridized carbons (Fsp3) is 0. The van der Waals surface area contributed by atoms with Gasteiger partial charge in [0.15, 0.2) is 0 Å². The van der Waals surface area contributed by atoms with Gasteiger partial charge in [0.2, 0.25) is 0 Å². The number of rotatable bonds is 0. The van der Waals surface area contributed by atoms with Crippen LogP contribution in [0.2, 0.25) is 0 Å². The molecule has 0 amide bonds. The van der Waals surface area contributed by atoms with Crippen LogP contribution in [0.15, 0.2) is 0 Å². The first-order valence-corrected chi connectivity index (χ1v) is 3.38. The topological polar surface area (TPSA) is 57.5 Å². The Bertz CT molecular complexity index is 29.9. The van der Waals surface area contributed by atoms with Gasteiger partial charge in [0.25, 0.3) is 0 Å². The van der Waals surface area contributed by atoms with E-state index in [0.717, 1.165) is 0 Å². The summed E-state index contributed by atoms with van der Waals surface area (Å²) in [5, 5.41) is 0. The Balaban J connectivity index is 0. The van der Waals surface area contributed by atoms with E-state index >= 15 is 0 Å². The van der Waals surface area contributed by atoms with Crippen molar-refractivity contribution in [1.82, 2.24) is 0 Å². The van der Waals surface area contributed by atoms with Crippen molar-refractivity contribution in [1.29, 1.82) is 0 Å². The van der Waals surface area contributed by atoms with Crippen LogP contribution in [0, 0.1) is 0 Å². The van der Waals surface area contributed by atoms with Gasteiger partial charge in [-0.25, -0.2) is 0 Å². The van der Waals surface area contributed by atoms with E-state index in [2.05, 4.69) is 0 Å². The van der Waals surface area contributed by atoms with E-state index in [1.54, 1.807) is 0 Å². The molecule has 0 saturated heterocycles. The van der Waals surface area contributed by atoms with Gasteiger partial charge in [-0.2, -0.15) is 0 Å². The Morgan fingerprint density at radius 3 is 1.40 bits per heavy atom. The molecule has 0 rings (SSSR count). The van der Waals surface area contributed by atoms with Gasteiger partial charge in [-0.3, -0.25) is 0 Å². The second kappa shape index (κ2) is 4.80. The standard InChI is InChI=1S/AsH3O3.Fe/c2-1(3)4;/h1H,(H2,2,3,4);. The summed E-state index contributed by atoms with van der Waals surface area (Å²) in [6.45, 7) is 0. The summed E-state index contributed by atoms with van der Waals surface area (Å²) in [7, 11) is 0. The molecule has 0 saturated carbocycles. The summed E-state index contributed by atoms with van der Waals surface area (Å²) in [6, 6.07) is 0. The molecular formula is H3AsFeO3. The van der Waals surface area contributed by atoms with Crippen molar-refractivity contribution in [2.24, 2.45) is 0 Å². The molecule has 0 atom stereocenters. The van der Waals surface area contributed by atoms with E-state index in [-0.39, 0.29) is 17.1 Å². The minimum absolute atomic E-state index is 0. The minimum Gasteiger partial charge on any atom is 0 e. The molecular weight excluding hydrogens is 179 g/mol. The summed E-state index contributed by atoms with van der Waals surface area (Å²) in [4.78, 5) is 0. The van der Waals surface area contributed by atoms with E-state index in [1.165, 1.54) is 0 Å². The van der Waals surface area contributed by atoms with Crippen LogP contribution in [0.5, 0.6) is 0 Å². The van der Waals surface area contributed by atoms with Gasteiger partial charge in [-0.1, -0.05) is 0 Å². The maximum Gasteiger partial charge on any atom is 0 e. The third kappa shape index (κ3) is 59.0. The van der Waals surface area contributed by atoms with Gasteiger partial charge in [0, 0.05) is 17.1 Å². The van der Waals surface area contributed by atoms with Crippen LogP contribution in [0.25, 0.3) is 0 Å². The third-order valence-corrected chi connectivity index (χ3v) is 0. The minimum atomic E-state index is -3.58. The monoisotopic (exact) mass is 182 g/mol. The second-order valence-corrected chi connectivity index (χ2v) is 1.47. The predicted molar refractivity (Wildman–Crippen MR) is 12.3 cm³/mol. The van der Waals surface area contributed by atoms with E-state index in [1.807, 2.05) is 0 Å². The van der Waals surface area contributed by atoms with E-state index in [0.29, 0.717) is 0 Å². The molecule has 2 N–H and O–H groups in total. The van der Waals surface area contributed by atoms with Crippen molar-refractivity contribution in [2.75, 3.05) is 0 Å². The maximum absolute atomic E-state index is 8.81. The number of hydrogen-bond acceptors (Lipinski definition) is 1. The zero-order valence-corrected chi connectivity index (χ0v) is 5.36. The Morgan fingerprint density at radius 2 is 1.40 bits per heavy atom. The van der Waals surface area contributed by atoms with Crippen LogP contribution in [0.4, 0.5) is 0 Å². The molecule has 0 fully saturated rings. The zero-order valence-electron chi connectivity index (χ0n) is 2.16. The first kappa shape index (κ1) is 9.25. The van der Waals surface area contributed by atoms with Gasteiger partial charge in [0.05, 0.1) is 0 Å². The van der Waals surface area contributed by atoms with Crippen molar-refractivity contribution < 1.29 is 29.0 Å². The molecule has 0 bridgehead atoms. The molecule has 34 valence electrons.